The molecular weight excluding hydrogens is 272 g/mol. The molecule has 1 atom stereocenters. The van der Waals surface area contributed by atoms with E-state index in [0.717, 1.165) is 12.8 Å². The average molecular weight is 296 g/mol. The van der Waals surface area contributed by atoms with Gasteiger partial charge in [0.25, 0.3) is 0 Å². The molecule has 0 unspecified atom stereocenters. The Balaban J connectivity index is -0.000000297. The molecule has 0 aromatic rings. The minimum absolute atomic E-state index is 0.311. The van der Waals surface area contributed by atoms with Gasteiger partial charge in [-0.1, -0.05) is 6.42 Å². The lowest BCUT2D eigenvalue weighted by Crippen LogP contribution is -2.32. The summed E-state index contributed by atoms with van der Waals surface area (Å²) < 4.78 is 4.74. The molecule has 0 aromatic heterocycles. The molecule has 0 saturated heterocycles. The lowest BCUT2D eigenvalue weighted by atomic mass is 10.1. The molecule has 0 rings (SSSR count). The van der Waals surface area contributed by atoms with Crippen molar-refractivity contribution >= 4 is 18.2 Å². The van der Waals surface area contributed by atoms with Crippen LogP contribution in [0.1, 0.15) is 26.2 Å². The van der Waals surface area contributed by atoms with E-state index in [2.05, 4.69) is 11.5 Å². The molecule has 0 spiro atoms. The average Bonchev–Trinajstić information content (AvgIpc) is 2.28. The number of carboxylic acid groups (broad SMARTS) is 2. The minimum Gasteiger partial charge on any atom is -0.465 e. The number of hydrogen-bond acceptors (Lipinski definition) is 6. The van der Waals surface area contributed by atoms with E-state index in [1.807, 2.05) is 0 Å². The van der Waals surface area contributed by atoms with Gasteiger partial charge in [-0.15, -0.1) is 0 Å². The third-order valence-electron chi connectivity index (χ3n) is 1.56. The lowest BCUT2D eigenvalue weighted by molar-refractivity contribution is -0.144. The first-order valence-electron chi connectivity index (χ1n) is 5.78. The second-order valence-corrected chi connectivity index (χ2v) is 3.32. The largest absolute Gasteiger partial charge is 0.465 e. The summed E-state index contributed by atoms with van der Waals surface area (Å²) in [4.78, 5) is 28.5. The summed E-state index contributed by atoms with van der Waals surface area (Å²) in [5, 5.41) is 14.4. The Bertz CT molecular complexity index is 254. The van der Waals surface area contributed by atoms with Crippen LogP contribution in [-0.2, 0) is 9.53 Å². The Hall–Kier alpha value is -2.07. The van der Waals surface area contributed by atoms with Crippen LogP contribution in [0, 0.1) is 0 Å². The van der Waals surface area contributed by atoms with Gasteiger partial charge in [0, 0.05) is 0 Å². The number of esters is 1. The van der Waals surface area contributed by atoms with Crippen LogP contribution < -0.4 is 22.9 Å². The van der Waals surface area contributed by atoms with Crippen LogP contribution in [0.3, 0.4) is 0 Å². The fraction of sp³-hybridized carbons (Fsp3) is 0.700. The van der Waals surface area contributed by atoms with Crippen molar-refractivity contribution in [2.45, 2.75) is 32.2 Å². The summed E-state index contributed by atoms with van der Waals surface area (Å²) in [6.07, 6.45) is -0.209. The topological polar surface area (TPSA) is 205 Å². The summed E-state index contributed by atoms with van der Waals surface area (Å²) in [6.45, 7) is 2.81. The van der Waals surface area contributed by atoms with Gasteiger partial charge < -0.3 is 37.9 Å². The number of nitrogens with two attached hydrogens (primary N) is 4. The normalized spacial score (nSPS) is 9.95. The molecule has 20 heavy (non-hydrogen) atoms. The zero-order valence-electron chi connectivity index (χ0n) is 11.4. The van der Waals surface area contributed by atoms with Crippen molar-refractivity contribution in [3.05, 3.63) is 0 Å². The molecule has 2 amide bonds. The van der Waals surface area contributed by atoms with Crippen molar-refractivity contribution in [2.75, 3.05) is 13.2 Å². The number of primary amides is 2. The van der Waals surface area contributed by atoms with E-state index in [9.17, 15) is 4.79 Å². The predicted molar refractivity (Wildman–Crippen MR) is 71.9 cm³/mol. The summed E-state index contributed by atoms with van der Waals surface area (Å²) >= 11 is 0. The second kappa shape index (κ2) is 16.9. The molecule has 0 saturated carbocycles. The standard InChI is InChI=1S/C8H18N2O2.2CH3NO2/c1-2-12-8(11)7(10)5-3-4-6-9;2*2-1(3)4/h7H,2-6,9-10H2,1H3;2*2H2,(H,3,4)/t7-;;/m0../s1. The number of unbranched alkanes of at least 4 members (excludes halogenated alkanes) is 1. The second-order valence-electron chi connectivity index (χ2n) is 3.32. The molecule has 0 aliphatic carbocycles. The molecule has 10 nitrogen and oxygen atoms in total. The van der Waals surface area contributed by atoms with E-state index in [0.29, 0.717) is 19.6 Å². The first-order valence-corrected chi connectivity index (χ1v) is 5.78. The molecular formula is C10H24N4O6. The van der Waals surface area contributed by atoms with Gasteiger partial charge in [-0.3, -0.25) is 4.79 Å². The number of hydrogen-bond donors (Lipinski definition) is 6. The number of rotatable bonds is 6. The maximum atomic E-state index is 11.0. The highest BCUT2D eigenvalue weighted by molar-refractivity contribution is 5.75. The van der Waals surface area contributed by atoms with Gasteiger partial charge in [-0.25, -0.2) is 9.59 Å². The maximum Gasteiger partial charge on any atom is 0.402 e. The van der Waals surface area contributed by atoms with Gasteiger partial charge in [0.15, 0.2) is 0 Å². The molecule has 0 aliphatic heterocycles. The highest BCUT2D eigenvalue weighted by Gasteiger charge is 2.12. The van der Waals surface area contributed by atoms with Gasteiger partial charge in [-0.2, -0.15) is 0 Å². The van der Waals surface area contributed by atoms with Crippen LogP contribution in [-0.4, -0.2) is 47.6 Å². The van der Waals surface area contributed by atoms with E-state index >= 15 is 0 Å². The first-order chi connectivity index (χ1) is 9.18. The molecule has 10 heteroatoms. The monoisotopic (exact) mass is 296 g/mol. The highest BCUT2D eigenvalue weighted by atomic mass is 16.5. The van der Waals surface area contributed by atoms with Crippen molar-refractivity contribution in [1.82, 2.24) is 0 Å². The molecule has 0 fully saturated rings. The fourth-order valence-electron chi connectivity index (χ4n) is 0.876. The van der Waals surface area contributed by atoms with Crippen LogP contribution in [0.5, 0.6) is 0 Å². The summed E-state index contributed by atoms with van der Waals surface area (Å²) in [5.41, 5.74) is 18.9. The summed E-state index contributed by atoms with van der Waals surface area (Å²) in [5.74, 6) is -0.311. The van der Waals surface area contributed by atoms with Crippen LogP contribution in [0.15, 0.2) is 0 Å². The van der Waals surface area contributed by atoms with E-state index in [1.54, 1.807) is 6.92 Å². The Morgan fingerprint density at radius 3 is 1.80 bits per heavy atom. The van der Waals surface area contributed by atoms with Crippen LogP contribution in [0.2, 0.25) is 0 Å². The van der Waals surface area contributed by atoms with Crippen molar-refractivity contribution < 1.29 is 29.3 Å². The number of carbonyl (C=O) groups excluding carboxylic acids is 1. The van der Waals surface area contributed by atoms with Gasteiger partial charge in [-0.05, 0) is 26.3 Å². The Morgan fingerprint density at radius 2 is 1.50 bits per heavy atom. The third-order valence-corrected chi connectivity index (χ3v) is 1.56. The van der Waals surface area contributed by atoms with E-state index in [1.165, 1.54) is 0 Å². The number of amides is 2. The molecule has 0 aromatic carbocycles. The first kappa shape index (κ1) is 23.1. The predicted octanol–water partition coefficient (Wildman–Crippen LogP) is -0.748. The van der Waals surface area contributed by atoms with Crippen LogP contribution in [0.4, 0.5) is 9.59 Å². The van der Waals surface area contributed by atoms with Crippen molar-refractivity contribution in [2.24, 2.45) is 22.9 Å². The smallest absolute Gasteiger partial charge is 0.402 e. The quantitative estimate of drug-likeness (QED) is 0.271. The van der Waals surface area contributed by atoms with Crippen LogP contribution in [0.25, 0.3) is 0 Å². The molecule has 120 valence electrons. The minimum atomic E-state index is -1.33. The highest BCUT2D eigenvalue weighted by Crippen LogP contribution is 1.99. The SMILES string of the molecule is CCOC(=O)[C@@H](N)CCCCN.NC(=O)O.NC(=O)O. The zero-order chi connectivity index (χ0) is 16.6. The zero-order valence-corrected chi connectivity index (χ0v) is 11.4. The van der Waals surface area contributed by atoms with E-state index in [4.69, 9.17) is 36.0 Å². The molecule has 0 aliphatic rings. The van der Waals surface area contributed by atoms with Gasteiger partial charge >= 0.3 is 18.2 Å². The Morgan fingerprint density at radius 1 is 1.10 bits per heavy atom. The van der Waals surface area contributed by atoms with Gasteiger partial charge in [0.05, 0.1) is 6.61 Å². The van der Waals surface area contributed by atoms with Gasteiger partial charge in [0.1, 0.15) is 6.04 Å². The molecule has 10 N–H and O–H groups in total. The van der Waals surface area contributed by atoms with Crippen molar-refractivity contribution in [3.8, 4) is 0 Å². The Labute approximate surface area is 117 Å². The van der Waals surface area contributed by atoms with Crippen LogP contribution >= 0.6 is 0 Å². The molecule has 0 heterocycles. The number of carbonyl (C=O) groups is 3. The van der Waals surface area contributed by atoms with E-state index in [-0.39, 0.29) is 5.97 Å². The molecule has 0 radical (unpaired) electrons. The molecule has 0 bridgehead atoms. The number of ether oxygens (including phenoxy) is 1. The van der Waals surface area contributed by atoms with E-state index < -0.39 is 18.2 Å². The Kier molecular flexibility index (Phi) is 19.5. The van der Waals surface area contributed by atoms with Gasteiger partial charge in [0.2, 0.25) is 0 Å². The van der Waals surface area contributed by atoms with Crippen molar-refractivity contribution in [1.29, 1.82) is 0 Å². The fourth-order valence-corrected chi connectivity index (χ4v) is 0.876. The lowest BCUT2D eigenvalue weighted by Gasteiger charge is -2.09. The van der Waals surface area contributed by atoms with Crippen molar-refractivity contribution in [3.63, 3.8) is 0 Å². The third kappa shape index (κ3) is 36.0. The maximum absolute atomic E-state index is 11.0. The summed E-state index contributed by atoms with van der Waals surface area (Å²) in [7, 11) is 0. The summed E-state index contributed by atoms with van der Waals surface area (Å²) in [6, 6.07) is -0.475.